The van der Waals surface area contributed by atoms with E-state index in [1.54, 1.807) is 6.08 Å². The Morgan fingerprint density at radius 1 is 1.42 bits per heavy atom. The van der Waals surface area contributed by atoms with Gasteiger partial charge in [-0.1, -0.05) is 11.6 Å². The highest BCUT2D eigenvalue weighted by molar-refractivity contribution is 6.32. The Kier molecular flexibility index (Phi) is 3.06. The van der Waals surface area contributed by atoms with Gasteiger partial charge in [0, 0.05) is 35.1 Å². The summed E-state index contributed by atoms with van der Waals surface area (Å²) < 4.78 is 5.85. The second-order valence-electron chi connectivity index (χ2n) is 4.79. The molecule has 2 aromatic rings. The lowest BCUT2D eigenvalue weighted by atomic mass is 10.0. The fourth-order valence-electron chi connectivity index (χ4n) is 2.62. The van der Waals surface area contributed by atoms with Crippen LogP contribution in [0.15, 0.2) is 22.6 Å². The molecule has 0 saturated carbocycles. The number of halogens is 1. The van der Waals surface area contributed by atoms with Gasteiger partial charge in [0.15, 0.2) is 0 Å². The molecule has 3 nitrogen and oxygen atoms in total. The molecule has 1 aliphatic heterocycles. The average Bonchev–Trinajstić information content (AvgIpc) is 2.62. The fraction of sp³-hybridized carbons (Fsp3) is 0.267. The molecule has 2 heterocycles. The van der Waals surface area contributed by atoms with Gasteiger partial charge in [0.05, 0.1) is 6.07 Å². The molecule has 1 aliphatic rings. The monoisotopic (exact) mass is 272 g/mol. The van der Waals surface area contributed by atoms with Crippen LogP contribution >= 0.6 is 11.6 Å². The van der Waals surface area contributed by atoms with E-state index < -0.39 is 0 Å². The third kappa shape index (κ3) is 2.03. The molecule has 1 aromatic heterocycles. The SMILES string of the molecule is CN1CCc2c(Cl)ccc3oc(/C=C/C#N)c(c23)C1. The predicted molar refractivity (Wildman–Crippen MR) is 75.9 cm³/mol. The lowest BCUT2D eigenvalue weighted by Gasteiger charge is -2.12. The summed E-state index contributed by atoms with van der Waals surface area (Å²) in [6.07, 6.45) is 4.09. The lowest BCUT2D eigenvalue weighted by Crippen LogP contribution is -2.18. The van der Waals surface area contributed by atoms with E-state index in [0.717, 1.165) is 52.4 Å². The molecule has 0 bridgehead atoms. The van der Waals surface area contributed by atoms with E-state index in [0.29, 0.717) is 0 Å². The van der Waals surface area contributed by atoms with Gasteiger partial charge in [0.2, 0.25) is 0 Å². The Hall–Kier alpha value is -1.76. The zero-order valence-electron chi connectivity index (χ0n) is 10.6. The maximum absolute atomic E-state index is 8.68. The molecule has 0 aliphatic carbocycles. The van der Waals surface area contributed by atoms with Gasteiger partial charge in [-0.15, -0.1) is 0 Å². The number of rotatable bonds is 1. The van der Waals surface area contributed by atoms with Gasteiger partial charge >= 0.3 is 0 Å². The molecular formula is C15H13ClN2O. The quantitative estimate of drug-likeness (QED) is 0.745. The molecule has 1 aromatic carbocycles. The smallest absolute Gasteiger partial charge is 0.135 e. The van der Waals surface area contributed by atoms with Crippen molar-refractivity contribution in [1.29, 1.82) is 5.26 Å². The normalized spacial score (nSPS) is 15.8. The van der Waals surface area contributed by atoms with Crippen LogP contribution in [0.5, 0.6) is 0 Å². The van der Waals surface area contributed by atoms with Crippen LogP contribution in [0.25, 0.3) is 17.0 Å². The molecule has 0 radical (unpaired) electrons. The van der Waals surface area contributed by atoms with Crippen LogP contribution in [0.4, 0.5) is 0 Å². The first-order valence-corrected chi connectivity index (χ1v) is 6.56. The number of allylic oxidation sites excluding steroid dienone is 1. The van der Waals surface area contributed by atoms with E-state index in [1.165, 1.54) is 6.08 Å². The summed E-state index contributed by atoms with van der Waals surface area (Å²) in [4.78, 5) is 2.24. The number of likely N-dealkylation sites (N-methyl/N-ethyl adjacent to an activating group) is 1. The molecule has 0 saturated heterocycles. The van der Waals surface area contributed by atoms with Crippen LogP contribution in [0, 0.1) is 11.3 Å². The van der Waals surface area contributed by atoms with Crippen molar-refractivity contribution < 1.29 is 4.42 Å². The molecule has 0 atom stereocenters. The topological polar surface area (TPSA) is 40.2 Å². The summed E-state index contributed by atoms with van der Waals surface area (Å²) in [6.45, 7) is 1.78. The summed E-state index contributed by atoms with van der Waals surface area (Å²) in [5.41, 5.74) is 3.13. The average molecular weight is 273 g/mol. The van der Waals surface area contributed by atoms with E-state index in [2.05, 4.69) is 11.9 Å². The predicted octanol–water partition coefficient (Wildman–Crippen LogP) is 3.61. The first-order chi connectivity index (χ1) is 9.20. The van der Waals surface area contributed by atoms with Crippen molar-refractivity contribution >= 4 is 28.6 Å². The second kappa shape index (κ2) is 4.73. The summed E-state index contributed by atoms with van der Waals surface area (Å²) >= 11 is 6.31. The maximum Gasteiger partial charge on any atom is 0.135 e. The van der Waals surface area contributed by atoms with Crippen molar-refractivity contribution in [2.75, 3.05) is 13.6 Å². The van der Waals surface area contributed by atoms with E-state index in [1.807, 2.05) is 18.2 Å². The van der Waals surface area contributed by atoms with Gasteiger partial charge in [0.1, 0.15) is 11.3 Å². The molecule has 0 N–H and O–H groups in total. The largest absolute Gasteiger partial charge is 0.456 e. The first kappa shape index (κ1) is 12.3. The third-order valence-electron chi connectivity index (χ3n) is 3.52. The minimum Gasteiger partial charge on any atom is -0.456 e. The van der Waals surface area contributed by atoms with Gasteiger partial charge in [0.25, 0.3) is 0 Å². The van der Waals surface area contributed by atoms with Crippen molar-refractivity contribution in [1.82, 2.24) is 4.90 Å². The zero-order valence-corrected chi connectivity index (χ0v) is 11.4. The fourth-order valence-corrected chi connectivity index (χ4v) is 2.87. The highest BCUT2D eigenvalue weighted by Crippen LogP contribution is 2.36. The molecular weight excluding hydrogens is 260 g/mol. The molecule has 0 spiro atoms. The van der Waals surface area contributed by atoms with Gasteiger partial charge in [-0.2, -0.15) is 5.26 Å². The van der Waals surface area contributed by atoms with E-state index in [9.17, 15) is 0 Å². The van der Waals surface area contributed by atoms with Gasteiger partial charge in [-0.05, 0) is 37.2 Å². The molecule has 0 unspecified atom stereocenters. The summed E-state index contributed by atoms with van der Waals surface area (Å²) in [7, 11) is 2.08. The first-order valence-electron chi connectivity index (χ1n) is 6.18. The number of nitrogens with zero attached hydrogens (tertiary/aromatic N) is 2. The number of hydrogen-bond acceptors (Lipinski definition) is 3. The minimum atomic E-state index is 0.758. The molecule has 4 heteroatoms. The number of furan rings is 1. The zero-order chi connectivity index (χ0) is 13.4. The van der Waals surface area contributed by atoms with Gasteiger partial charge in [-0.3, -0.25) is 0 Å². The molecule has 19 heavy (non-hydrogen) atoms. The third-order valence-corrected chi connectivity index (χ3v) is 3.87. The van der Waals surface area contributed by atoms with E-state index in [-0.39, 0.29) is 0 Å². The van der Waals surface area contributed by atoms with Crippen molar-refractivity contribution in [3.05, 3.63) is 40.1 Å². The van der Waals surface area contributed by atoms with Crippen LogP contribution < -0.4 is 0 Å². The highest BCUT2D eigenvalue weighted by atomic mass is 35.5. The summed E-state index contributed by atoms with van der Waals surface area (Å²) in [5.74, 6) is 0.758. The van der Waals surface area contributed by atoms with Crippen molar-refractivity contribution in [2.45, 2.75) is 13.0 Å². The number of benzene rings is 1. The molecule has 0 fully saturated rings. The second-order valence-corrected chi connectivity index (χ2v) is 5.20. The minimum absolute atomic E-state index is 0.758. The summed E-state index contributed by atoms with van der Waals surface area (Å²) in [5, 5.41) is 10.6. The standard InChI is InChI=1S/C15H13ClN2O/c1-18-8-6-10-12(16)4-5-14-15(10)11(9-18)13(19-14)3-2-7-17/h2-5H,6,8-9H2,1H3/b3-2+. The molecule has 96 valence electrons. The Bertz CT molecular complexity index is 709. The van der Waals surface area contributed by atoms with Crippen molar-refractivity contribution in [3.8, 4) is 6.07 Å². The Morgan fingerprint density at radius 2 is 2.26 bits per heavy atom. The Labute approximate surface area is 116 Å². The number of hydrogen-bond donors (Lipinski definition) is 0. The lowest BCUT2D eigenvalue weighted by molar-refractivity contribution is 0.334. The van der Waals surface area contributed by atoms with Crippen LogP contribution in [0.3, 0.4) is 0 Å². The van der Waals surface area contributed by atoms with Crippen molar-refractivity contribution in [3.63, 3.8) is 0 Å². The van der Waals surface area contributed by atoms with Crippen molar-refractivity contribution in [2.24, 2.45) is 0 Å². The Balaban J connectivity index is 2.31. The van der Waals surface area contributed by atoms with Crippen LogP contribution in [0.1, 0.15) is 16.9 Å². The maximum atomic E-state index is 8.68. The van der Waals surface area contributed by atoms with E-state index >= 15 is 0 Å². The van der Waals surface area contributed by atoms with Crippen LogP contribution in [-0.2, 0) is 13.0 Å². The molecule has 3 rings (SSSR count). The summed E-state index contributed by atoms with van der Waals surface area (Å²) in [6, 6.07) is 5.79. The molecule has 0 amide bonds. The Morgan fingerprint density at radius 3 is 3.05 bits per heavy atom. The van der Waals surface area contributed by atoms with Crippen LogP contribution in [0.2, 0.25) is 5.02 Å². The van der Waals surface area contributed by atoms with E-state index in [4.69, 9.17) is 21.3 Å². The van der Waals surface area contributed by atoms with Crippen LogP contribution in [-0.4, -0.2) is 18.5 Å². The highest BCUT2D eigenvalue weighted by Gasteiger charge is 2.22. The number of nitriles is 1. The van der Waals surface area contributed by atoms with Gasteiger partial charge < -0.3 is 9.32 Å². The van der Waals surface area contributed by atoms with Gasteiger partial charge in [-0.25, -0.2) is 0 Å².